The predicted molar refractivity (Wildman–Crippen MR) is 104 cm³/mol. The maximum absolute atomic E-state index is 4.71. The van der Waals surface area contributed by atoms with Gasteiger partial charge in [0.1, 0.15) is 10.0 Å². The number of aromatic nitrogens is 3. The Morgan fingerprint density at radius 2 is 1.83 bits per heavy atom. The lowest BCUT2D eigenvalue weighted by Gasteiger charge is -2.48. The Hall–Kier alpha value is -0.813. The molecule has 0 amide bonds. The van der Waals surface area contributed by atoms with Crippen LogP contribution in [0.4, 0.5) is 0 Å². The first-order valence-electron chi connectivity index (χ1n) is 8.85. The van der Waals surface area contributed by atoms with Crippen molar-refractivity contribution in [2.24, 2.45) is 5.92 Å². The molecule has 0 N–H and O–H groups in total. The van der Waals surface area contributed by atoms with Crippen molar-refractivity contribution in [3.8, 4) is 0 Å². The number of rotatable bonds is 5. The lowest BCUT2D eigenvalue weighted by Crippen LogP contribution is -2.57. The normalized spacial score (nSPS) is 19.6. The van der Waals surface area contributed by atoms with Crippen molar-refractivity contribution in [2.75, 3.05) is 0 Å². The molecule has 0 radical (unpaired) electrons. The van der Waals surface area contributed by atoms with Crippen LogP contribution < -0.4 is 0 Å². The maximum Gasteiger partial charge on any atom is 0.113 e. The third kappa shape index (κ3) is 2.86. The number of thioether (sulfide) groups is 1. The van der Waals surface area contributed by atoms with Gasteiger partial charge in [0.2, 0.25) is 0 Å². The van der Waals surface area contributed by atoms with Gasteiger partial charge in [-0.2, -0.15) is 0 Å². The molecular formula is C18H29N3SSi. The summed E-state index contributed by atoms with van der Waals surface area (Å²) in [5.41, 5.74) is 2.23. The molecule has 0 aliphatic heterocycles. The highest BCUT2D eigenvalue weighted by Crippen LogP contribution is 2.53. The summed E-state index contributed by atoms with van der Waals surface area (Å²) in [4.78, 5) is 0. The van der Waals surface area contributed by atoms with E-state index in [2.05, 4.69) is 79.3 Å². The molecule has 23 heavy (non-hydrogen) atoms. The Morgan fingerprint density at radius 1 is 1.17 bits per heavy atom. The number of hydrogen-bond donors (Lipinski definition) is 0. The number of hydrogen-bond acceptors (Lipinski definition) is 3. The zero-order chi connectivity index (χ0) is 16.7. The average Bonchev–Trinajstić information content (AvgIpc) is 3.13. The van der Waals surface area contributed by atoms with Gasteiger partial charge in [0.05, 0.1) is 13.6 Å². The van der Waals surface area contributed by atoms with Gasteiger partial charge < -0.3 is 0 Å². The van der Waals surface area contributed by atoms with E-state index in [0.717, 1.165) is 5.52 Å². The van der Waals surface area contributed by atoms with E-state index in [1.807, 2.05) is 0 Å². The second-order valence-corrected chi connectivity index (χ2v) is 15.5. The topological polar surface area (TPSA) is 30.7 Å². The van der Waals surface area contributed by atoms with Crippen molar-refractivity contribution >= 4 is 30.9 Å². The summed E-state index contributed by atoms with van der Waals surface area (Å²) in [6.07, 6.45) is 5.39. The first-order valence-corrected chi connectivity index (χ1v) is 13.2. The molecule has 1 aliphatic rings. The maximum atomic E-state index is 4.71. The van der Waals surface area contributed by atoms with Gasteiger partial charge in [-0.3, -0.25) is 0 Å². The van der Waals surface area contributed by atoms with E-state index in [1.165, 1.54) is 31.2 Å². The van der Waals surface area contributed by atoms with Crippen LogP contribution in [-0.4, -0.2) is 28.3 Å². The van der Waals surface area contributed by atoms with E-state index in [9.17, 15) is 0 Å². The van der Waals surface area contributed by atoms with E-state index in [0.29, 0.717) is 11.2 Å². The van der Waals surface area contributed by atoms with Crippen molar-refractivity contribution in [3.05, 3.63) is 24.3 Å². The van der Waals surface area contributed by atoms with Crippen LogP contribution in [0, 0.1) is 5.92 Å². The Bertz CT molecular complexity index is 670. The third-order valence-corrected chi connectivity index (χ3v) is 11.4. The van der Waals surface area contributed by atoms with E-state index in [1.54, 1.807) is 0 Å². The molecule has 1 aromatic carbocycles. The van der Waals surface area contributed by atoms with Crippen LogP contribution >= 0.6 is 11.8 Å². The van der Waals surface area contributed by atoms with Crippen molar-refractivity contribution in [2.45, 2.75) is 68.9 Å². The Balaban J connectivity index is 2.24. The fraction of sp³-hybridized carbons (Fsp3) is 0.667. The molecule has 1 saturated carbocycles. The Kier molecular flexibility index (Phi) is 4.62. The van der Waals surface area contributed by atoms with Crippen molar-refractivity contribution in [1.29, 1.82) is 0 Å². The summed E-state index contributed by atoms with van der Waals surface area (Å²) in [7, 11) is -1.56. The van der Waals surface area contributed by atoms with E-state index in [4.69, 9.17) is 5.21 Å². The Labute approximate surface area is 145 Å². The third-order valence-electron chi connectivity index (χ3n) is 5.06. The van der Waals surface area contributed by atoms with Crippen molar-refractivity contribution in [3.63, 3.8) is 0 Å². The molecule has 3 rings (SSSR count). The molecule has 0 saturated heterocycles. The first kappa shape index (κ1) is 17.0. The quantitative estimate of drug-likeness (QED) is 0.688. The van der Waals surface area contributed by atoms with Gasteiger partial charge in [0, 0.05) is 5.25 Å². The lowest BCUT2D eigenvalue weighted by atomic mass is 10.1. The van der Waals surface area contributed by atoms with Gasteiger partial charge in [-0.1, -0.05) is 63.7 Å². The van der Waals surface area contributed by atoms with E-state index < -0.39 is 8.07 Å². The zero-order valence-corrected chi connectivity index (χ0v) is 16.9. The monoisotopic (exact) mass is 347 g/mol. The summed E-state index contributed by atoms with van der Waals surface area (Å²) in [5, 5.41) is 9.80. The van der Waals surface area contributed by atoms with Crippen LogP contribution in [0.1, 0.15) is 39.5 Å². The summed E-state index contributed by atoms with van der Waals surface area (Å²) in [5.74, 6) is 0.715. The molecule has 1 fully saturated rings. The van der Waals surface area contributed by atoms with Crippen LogP contribution in [0.5, 0.6) is 0 Å². The molecule has 126 valence electrons. The second-order valence-electron chi connectivity index (χ2n) is 8.08. The van der Waals surface area contributed by atoms with Gasteiger partial charge in [-0.05, 0) is 30.9 Å². The number of nitrogens with zero attached hydrogens (tertiary/aromatic N) is 3. The highest BCUT2D eigenvalue weighted by atomic mass is 32.2. The zero-order valence-electron chi connectivity index (χ0n) is 15.0. The van der Waals surface area contributed by atoms with Crippen LogP contribution in [0.2, 0.25) is 19.6 Å². The molecule has 0 bridgehead atoms. The Morgan fingerprint density at radius 3 is 2.43 bits per heavy atom. The number of para-hydroxylation sites is 1. The average molecular weight is 348 g/mol. The minimum atomic E-state index is -1.56. The van der Waals surface area contributed by atoms with Crippen LogP contribution in [0.3, 0.4) is 0 Å². The van der Waals surface area contributed by atoms with E-state index in [-0.39, 0.29) is 4.49 Å². The summed E-state index contributed by atoms with van der Waals surface area (Å²) < 4.78 is 2.42. The second kappa shape index (κ2) is 6.24. The van der Waals surface area contributed by atoms with Gasteiger partial charge in [0.25, 0.3) is 0 Å². The molecule has 1 heterocycles. The predicted octanol–water partition coefficient (Wildman–Crippen LogP) is 5.29. The van der Waals surface area contributed by atoms with Gasteiger partial charge in [0.15, 0.2) is 0 Å². The summed E-state index contributed by atoms with van der Waals surface area (Å²) in [6, 6.07) is 8.46. The molecule has 0 spiro atoms. The fourth-order valence-electron chi connectivity index (χ4n) is 4.22. The molecule has 2 aromatic rings. The summed E-state index contributed by atoms with van der Waals surface area (Å²) >= 11 is 2.15. The molecule has 1 aliphatic carbocycles. The first-order chi connectivity index (χ1) is 10.9. The minimum Gasteiger partial charge on any atom is -0.232 e. The van der Waals surface area contributed by atoms with Gasteiger partial charge in [-0.25, -0.2) is 4.68 Å². The van der Waals surface area contributed by atoms with E-state index >= 15 is 0 Å². The fourth-order valence-corrected chi connectivity index (χ4v) is 10.0. The van der Waals surface area contributed by atoms with Gasteiger partial charge >= 0.3 is 0 Å². The molecular weight excluding hydrogens is 318 g/mol. The number of fused-ring (bicyclic) bond motifs is 1. The smallest absolute Gasteiger partial charge is 0.113 e. The molecule has 1 unspecified atom stereocenters. The largest absolute Gasteiger partial charge is 0.232 e. The molecule has 5 heteroatoms. The van der Waals surface area contributed by atoms with Crippen LogP contribution in [0.15, 0.2) is 24.3 Å². The van der Waals surface area contributed by atoms with Gasteiger partial charge in [-0.15, -0.1) is 16.9 Å². The molecule has 1 atom stereocenters. The van der Waals surface area contributed by atoms with Crippen LogP contribution in [0.25, 0.3) is 11.0 Å². The minimum absolute atomic E-state index is 0.0910. The standard InChI is InChI=1S/C18H29N3SSi/c1-14(2)22-18(23(3,4)5,15-10-6-7-11-15)21-17-13-9-8-12-16(17)19-20-21/h8-9,12-15H,6-7,10-11H2,1-5H3. The SMILES string of the molecule is CC(C)SC(C1CCCC1)(n1nnc2ccccc21)[Si](C)(C)C. The number of benzene rings is 1. The summed E-state index contributed by atoms with van der Waals surface area (Å²) in [6.45, 7) is 12.2. The molecule has 1 aromatic heterocycles. The van der Waals surface area contributed by atoms with Crippen molar-refractivity contribution in [1.82, 2.24) is 15.0 Å². The van der Waals surface area contributed by atoms with Crippen LogP contribution in [-0.2, 0) is 4.49 Å². The highest BCUT2D eigenvalue weighted by molar-refractivity contribution is 8.02. The van der Waals surface area contributed by atoms with Crippen molar-refractivity contribution < 1.29 is 0 Å². The molecule has 3 nitrogen and oxygen atoms in total. The lowest BCUT2D eigenvalue weighted by molar-refractivity contribution is 0.354. The highest BCUT2D eigenvalue weighted by Gasteiger charge is 2.53.